The molecule has 0 bridgehead atoms. The highest BCUT2D eigenvalue weighted by Crippen LogP contribution is 2.30. The molecule has 1 fully saturated rings. The highest BCUT2D eigenvalue weighted by Gasteiger charge is 2.49. The van der Waals surface area contributed by atoms with Gasteiger partial charge in [-0.05, 0) is 47.9 Å². The normalized spacial score (nSPS) is 19.0. The van der Waals surface area contributed by atoms with Gasteiger partial charge < -0.3 is 10.2 Å². The molecule has 4 amide bonds. The maximum Gasteiger partial charge on any atom is 0.325 e. The lowest BCUT2D eigenvalue weighted by Gasteiger charge is -2.23. The molecule has 154 valence electrons. The van der Waals surface area contributed by atoms with Gasteiger partial charge in [0.2, 0.25) is 5.91 Å². The average Bonchev–Trinajstić information content (AvgIpc) is 3.18. The summed E-state index contributed by atoms with van der Waals surface area (Å²) in [5.74, 6) is -0.308. The summed E-state index contributed by atoms with van der Waals surface area (Å²) in [4.78, 5) is 41.9. The van der Waals surface area contributed by atoms with Gasteiger partial charge in [-0.2, -0.15) is 0 Å². The van der Waals surface area contributed by atoms with E-state index in [-0.39, 0.29) is 12.5 Å². The van der Waals surface area contributed by atoms with Crippen LogP contribution in [0.4, 0.5) is 4.79 Å². The van der Waals surface area contributed by atoms with Crippen LogP contribution in [0.15, 0.2) is 35.7 Å². The zero-order valence-corrected chi connectivity index (χ0v) is 18.3. The van der Waals surface area contributed by atoms with Crippen LogP contribution in [0.5, 0.6) is 0 Å². The number of carbonyl (C=O) groups excluding carboxylic acids is 3. The summed E-state index contributed by atoms with van der Waals surface area (Å²) in [6.07, 6.45) is 0. The molecule has 2 aromatic rings. The summed E-state index contributed by atoms with van der Waals surface area (Å²) in [5.41, 5.74) is 1.82. The number of urea groups is 1. The minimum atomic E-state index is -1.17. The number of thiophene rings is 1. The van der Waals surface area contributed by atoms with Crippen molar-refractivity contribution in [2.45, 2.75) is 45.7 Å². The van der Waals surface area contributed by atoms with E-state index in [1.807, 2.05) is 42.6 Å². The van der Waals surface area contributed by atoms with Crippen molar-refractivity contribution in [3.8, 4) is 0 Å². The molecule has 0 aliphatic carbocycles. The fourth-order valence-corrected chi connectivity index (χ4v) is 4.32. The Balaban J connectivity index is 1.72. The molecule has 1 aromatic heterocycles. The number of benzene rings is 1. The highest BCUT2D eigenvalue weighted by molar-refractivity contribution is 7.10. The molecular formula is C22H27N3O3S. The van der Waals surface area contributed by atoms with E-state index in [4.69, 9.17) is 0 Å². The third-order valence-electron chi connectivity index (χ3n) is 5.50. The Morgan fingerprint density at radius 1 is 1.21 bits per heavy atom. The van der Waals surface area contributed by atoms with Gasteiger partial charge in [0.15, 0.2) is 0 Å². The largest absolute Gasteiger partial charge is 0.339 e. The number of aryl methyl sites for hydroxylation is 1. The van der Waals surface area contributed by atoms with Crippen molar-refractivity contribution in [2.24, 2.45) is 0 Å². The molecule has 6 nitrogen and oxygen atoms in total. The summed E-state index contributed by atoms with van der Waals surface area (Å²) in [6.45, 7) is 8.06. The first-order valence-electron chi connectivity index (χ1n) is 9.65. The summed E-state index contributed by atoms with van der Waals surface area (Å²) in [7, 11) is 1.68. The lowest BCUT2D eigenvalue weighted by atomic mass is 9.90. The fourth-order valence-electron chi connectivity index (χ4n) is 3.36. The molecule has 1 aliphatic rings. The van der Waals surface area contributed by atoms with Crippen LogP contribution in [-0.4, -0.2) is 41.2 Å². The van der Waals surface area contributed by atoms with Crippen molar-refractivity contribution in [3.05, 3.63) is 57.3 Å². The van der Waals surface area contributed by atoms with E-state index in [2.05, 4.69) is 19.2 Å². The standard InChI is InChI=1S/C22H27N3O3S/c1-14(2)16-6-8-17(9-7-16)22(4)20(27)25(21(28)23-22)13-19(26)24(5)12-18-15(3)10-11-29-18/h6-11,14H,12-13H2,1-5H3,(H,23,28)/t22-/m0/s1. The molecule has 1 aromatic carbocycles. The Kier molecular flexibility index (Phi) is 5.80. The maximum absolute atomic E-state index is 13.1. The van der Waals surface area contributed by atoms with E-state index >= 15 is 0 Å². The molecule has 1 N–H and O–H groups in total. The second kappa shape index (κ2) is 7.99. The number of carbonyl (C=O) groups is 3. The van der Waals surface area contributed by atoms with Gasteiger partial charge in [-0.15, -0.1) is 11.3 Å². The van der Waals surface area contributed by atoms with Gasteiger partial charge in [0, 0.05) is 11.9 Å². The van der Waals surface area contributed by atoms with Gasteiger partial charge in [0.1, 0.15) is 12.1 Å². The SMILES string of the molecule is Cc1ccsc1CN(C)C(=O)CN1C(=O)N[C@@](C)(c2ccc(C(C)C)cc2)C1=O. The molecule has 1 saturated heterocycles. The lowest BCUT2D eigenvalue weighted by Crippen LogP contribution is -2.43. The smallest absolute Gasteiger partial charge is 0.325 e. The molecule has 0 unspecified atom stereocenters. The number of hydrogen-bond acceptors (Lipinski definition) is 4. The van der Waals surface area contributed by atoms with E-state index in [9.17, 15) is 14.4 Å². The van der Waals surface area contributed by atoms with E-state index < -0.39 is 17.5 Å². The summed E-state index contributed by atoms with van der Waals surface area (Å²) >= 11 is 1.59. The predicted molar refractivity (Wildman–Crippen MR) is 114 cm³/mol. The molecular weight excluding hydrogens is 386 g/mol. The zero-order valence-electron chi connectivity index (χ0n) is 17.5. The van der Waals surface area contributed by atoms with Gasteiger partial charge in [0.05, 0.1) is 6.54 Å². The predicted octanol–water partition coefficient (Wildman–Crippen LogP) is 3.61. The first kappa shape index (κ1) is 21.0. The van der Waals surface area contributed by atoms with Crippen LogP contribution < -0.4 is 5.32 Å². The first-order valence-corrected chi connectivity index (χ1v) is 10.5. The van der Waals surface area contributed by atoms with Crippen LogP contribution in [0.25, 0.3) is 0 Å². The minimum Gasteiger partial charge on any atom is -0.339 e. The first-order chi connectivity index (χ1) is 13.6. The average molecular weight is 414 g/mol. The van der Waals surface area contributed by atoms with Crippen LogP contribution in [-0.2, 0) is 21.7 Å². The fraction of sp³-hybridized carbons (Fsp3) is 0.409. The molecule has 29 heavy (non-hydrogen) atoms. The zero-order chi connectivity index (χ0) is 21.3. The number of rotatable bonds is 6. The number of nitrogens with zero attached hydrogens (tertiary/aromatic N) is 2. The van der Waals surface area contributed by atoms with Crippen LogP contribution in [0.2, 0.25) is 0 Å². The molecule has 0 saturated carbocycles. The number of nitrogens with one attached hydrogen (secondary N) is 1. The monoisotopic (exact) mass is 413 g/mol. The number of likely N-dealkylation sites (N-methyl/N-ethyl adjacent to an activating group) is 1. The second-order valence-corrected chi connectivity index (χ2v) is 9.00. The van der Waals surface area contributed by atoms with Crippen LogP contribution in [0.1, 0.15) is 48.3 Å². The summed E-state index contributed by atoms with van der Waals surface area (Å²) in [6, 6.07) is 9.13. The van der Waals surface area contributed by atoms with Crippen molar-refractivity contribution in [1.82, 2.24) is 15.1 Å². The molecule has 0 spiro atoms. The molecule has 1 atom stereocenters. The topological polar surface area (TPSA) is 69.7 Å². The molecule has 2 heterocycles. The number of imide groups is 1. The maximum atomic E-state index is 13.1. The van der Waals surface area contributed by atoms with Gasteiger partial charge in [-0.25, -0.2) is 4.79 Å². The van der Waals surface area contributed by atoms with Gasteiger partial charge in [-0.3, -0.25) is 14.5 Å². The Morgan fingerprint density at radius 3 is 2.41 bits per heavy atom. The van der Waals surface area contributed by atoms with Crippen molar-refractivity contribution in [3.63, 3.8) is 0 Å². The molecule has 3 rings (SSSR count). The van der Waals surface area contributed by atoms with Gasteiger partial charge >= 0.3 is 6.03 Å². The van der Waals surface area contributed by atoms with Crippen molar-refractivity contribution < 1.29 is 14.4 Å². The van der Waals surface area contributed by atoms with Crippen molar-refractivity contribution >= 4 is 29.2 Å². The number of hydrogen-bond donors (Lipinski definition) is 1. The quantitative estimate of drug-likeness (QED) is 0.736. The summed E-state index contributed by atoms with van der Waals surface area (Å²) in [5, 5.41) is 4.75. The number of amides is 4. The van der Waals surface area contributed by atoms with Crippen molar-refractivity contribution in [1.29, 1.82) is 0 Å². The van der Waals surface area contributed by atoms with Crippen LogP contribution in [0.3, 0.4) is 0 Å². The van der Waals surface area contributed by atoms with Crippen LogP contribution in [0, 0.1) is 6.92 Å². The molecule has 0 radical (unpaired) electrons. The van der Waals surface area contributed by atoms with E-state index in [0.717, 1.165) is 20.9 Å². The third-order valence-corrected chi connectivity index (χ3v) is 6.51. The third kappa shape index (κ3) is 4.05. The Morgan fingerprint density at radius 2 is 1.86 bits per heavy atom. The Hall–Kier alpha value is -2.67. The second-order valence-electron chi connectivity index (χ2n) is 8.00. The Bertz CT molecular complexity index is 935. The lowest BCUT2D eigenvalue weighted by molar-refractivity contribution is -0.138. The molecule has 1 aliphatic heterocycles. The van der Waals surface area contributed by atoms with E-state index in [1.54, 1.807) is 30.2 Å². The van der Waals surface area contributed by atoms with Gasteiger partial charge in [-0.1, -0.05) is 38.1 Å². The Labute approximate surface area is 175 Å². The van der Waals surface area contributed by atoms with Gasteiger partial charge in [0.25, 0.3) is 5.91 Å². The minimum absolute atomic E-state index is 0.273. The van der Waals surface area contributed by atoms with Crippen LogP contribution >= 0.6 is 11.3 Å². The molecule has 7 heteroatoms. The van der Waals surface area contributed by atoms with E-state index in [0.29, 0.717) is 18.0 Å². The van der Waals surface area contributed by atoms with Crippen molar-refractivity contribution in [2.75, 3.05) is 13.6 Å². The van der Waals surface area contributed by atoms with E-state index in [1.165, 1.54) is 0 Å². The summed E-state index contributed by atoms with van der Waals surface area (Å²) < 4.78 is 0. The highest BCUT2D eigenvalue weighted by atomic mass is 32.1.